The van der Waals surface area contributed by atoms with Crippen LogP contribution in [0.1, 0.15) is 71.0 Å². The van der Waals surface area contributed by atoms with Crippen LogP contribution >= 0.6 is 11.6 Å². The van der Waals surface area contributed by atoms with E-state index in [2.05, 4.69) is 91.7 Å². The first-order chi connectivity index (χ1) is 25.1. The number of nitrogens with zero attached hydrogens (tertiary/aromatic N) is 2. The second kappa shape index (κ2) is 16.3. The molecule has 272 valence electrons. The third-order valence-corrected chi connectivity index (χ3v) is 11.0. The van der Waals surface area contributed by atoms with Gasteiger partial charge < -0.3 is 19.9 Å². The number of ether oxygens (including phenoxy) is 2. The number of hydrogen-bond acceptors (Lipinski definition) is 6. The highest BCUT2D eigenvalue weighted by Gasteiger charge is 2.28. The molecule has 2 aliphatic heterocycles. The van der Waals surface area contributed by atoms with E-state index in [0.29, 0.717) is 42.5 Å². The first kappa shape index (κ1) is 37.1. The summed E-state index contributed by atoms with van der Waals surface area (Å²) >= 11 is 6.93. The predicted octanol–water partition coefficient (Wildman–Crippen LogP) is 8.69. The molecule has 0 saturated carbocycles. The monoisotopic (exact) mass is 721 g/mol. The Morgan fingerprint density at radius 2 is 1.69 bits per heavy atom. The molecule has 6 rings (SSSR count). The molecule has 2 N–H and O–H groups in total. The summed E-state index contributed by atoms with van der Waals surface area (Å²) < 4.78 is 11.5. The van der Waals surface area contributed by atoms with Gasteiger partial charge in [-0.2, -0.15) is 0 Å². The summed E-state index contributed by atoms with van der Waals surface area (Å²) in [6.45, 7) is 8.36. The summed E-state index contributed by atoms with van der Waals surface area (Å²) in [7, 11) is 3.33. The van der Waals surface area contributed by atoms with Crippen LogP contribution in [-0.2, 0) is 22.6 Å². The minimum atomic E-state index is -0.721. The molecule has 0 spiro atoms. The lowest BCUT2D eigenvalue weighted by atomic mass is 9.90. The van der Waals surface area contributed by atoms with Crippen LogP contribution < -0.4 is 14.8 Å². The molecule has 8 nitrogen and oxygen atoms in total. The molecule has 2 aliphatic rings. The second-order valence-electron chi connectivity index (χ2n) is 14.1. The van der Waals surface area contributed by atoms with Gasteiger partial charge in [0.1, 0.15) is 5.75 Å². The largest absolute Gasteiger partial charge is 0.496 e. The average molecular weight is 722 g/mol. The van der Waals surface area contributed by atoms with Crippen LogP contribution in [0.25, 0.3) is 34.5 Å². The molecule has 3 aromatic carbocycles. The normalized spacial score (nSPS) is 17.5. The zero-order chi connectivity index (χ0) is 36.9. The standard InChI is InChI=1S/C43H48ClN3O5/c1-26-21-33(25-47-20-19-32(24-47)43(49)50)39(51-4)23-30(26)16-15-29-9-7-12-35(27(29)2)36-13-8-14-37(28(36)3)41-38(44)22-31(42(46-41)52-5)10-6-11-34-17-18-40(48)45-34/h7-9,12-16,21-23,32,34H,6,10-11,17-20,24-25H2,1-5H3,(H,45,48)(H,49,50)/b16-15+/t32-,34-/m1/s1. The number of pyridine rings is 1. The zero-order valence-corrected chi connectivity index (χ0v) is 31.5. The van der Waals surface area contributed by atoms with Crippen molar-refractivity contribution in [2.45, 2.75) is 71.9 Å². The number of methoxy groups -OCH3 is 2. The van der Waals surface area contributed by atoms with Crippen LogP contribution in [0, 0.1) is 26.7 Å². The van der Waals surface area contributed by atoms with Crippen molar-refractivity contribution in [1.29, 1.82) is 0 Å². The van der Waals surface area contributed by atoms with Gasteiger partial charge in [-0.15, -0.1) is 0 Å². The molecular formula is C43H48ClN3O5. The number of halogens is 1. The Hall–Kier alpha value is -4.66. The number of aromatic nitrogens is 1. The molecule has 0 bridgehead atoms. The highest BCUT2D eigenvalue weighted by atomic mass is 35.5. The molecule has 52 heavy (non-hydrogen) atoms. The lowest BCUT2D eigenvalue weighted by Gasteiger charge is -2.19. The summed E-state index contributed by atoms with van der Waals surface area (Å²) in [5, 5.41) is 13.0. The molecule has 2 atom stereocenters. The number of carbonyl (C=O) groups is 2. The lowest BCUT2D eigenvalue weighted by molar-refractivity contribution is -0.141. The first-order valence-electron chi connectivity index (χ1n) is 18.1. The molecule has 2 saturated heterocycles. The summed E-state index contributed by atoms with van der Waals surface area (Å²) in [5.74, 6) is 0.489. The van der Waals surface area contributed by atoms with E-state index in [4.69, 9.17) is 26.1 Å². The number of likely N-dealkylation sites (tertiary alicyclic amines) is 1. The van der Waals surface area contributed by atoms with E-state index >= 15 is 0 Å². The number of aliphatic carboxylic acids is 1. The number of carbonyl (C=O) groups excluding carboxylic acids is 1. The van der Waals surface area contributed by atoms with Gasteiger partial charge >= 0.3 is 5.97 Å². The molecule has 4 aromatic rings. The number of nitrogens with one attached hydrogen (secondary N) is 1. The van der Waals surface area contributed by atoms with E-state index in [1.54, 1.807) is 14.2 Å². The van der Waals surface area contributed by atoms with Crippen molar-refractivity contribution in [1.82, 2.24) is 15.2 Å². The number of carboxylic acids is 1. The van der Waals surface area contributed by atoms with Crippen LogP contribution in [0.2, 0.25) is 5.02 Å². The van der Waals surface area contributed by atoms with E-state index < -0.39 is 5.97 Å². The van der Waals surface area contributed by atoms with Crippen molar-refractivity contribution in [3.8, 4) is 34.0 Å². The van der Waals surface area contributed by atoms with E-state index in [0.717, 1.165) is 93.6 Å². The van der Waals surface area contributed by atoms with Crippen LogP contribution in [0.15, 0.2) is 54.6 Å². The Balaban J connectivity index is 1.22. The second-order valence-corrected chi connectivity index (χ2v) is 14.5. The fourth-order valence-electron chi connectivity index (χ4n) is 7.65. The van der Waals surface area contributed by atoms with E-state index in [-0.39, 0.29) is 17.9 Å². The lowest BCUT2D eigenvalue weighted by Crippen LogP contribution is -2.25. The third-order valence-electron chi connectivity index (χ3n) is 10.7. The van der Waals surface area contributed by atoms with Crippen LogP contribution in [0.3, 0.4) is 0 Å². The van der Waals surface area contributed by atoms with Crippen molar-refractivity contribution in [3.05, 3.63) is 98.6 Å². The maximum atomic E-state index is 11.6. The van der Waals surface area contributed by atoms with Gasteiger partial charge in [-0.25, -0.2) is 4.98 Å². The fraction of sp³-hybridized carbons (Fsp3) is 0.372. The van der Waals surface area contributed by atoms with Crippen molar-refractivity contribution in [2.75, 3.05) is 27.3 Å². The molecule has 2 fully saturated rings. The van der Waals surface area contributed by atoms with Crippen LogP contribution in [0.5, 0.6) is 11.6 Å². The smallest absolute Gasteiger partial charge is 0.307 e. The average Bonchev–Trinajstić information content (AvgIpc) is 3.78. The van der Waals surface area contributed by atoms with Crippen molar-refractivity contribution < 1.29 is 24.2 Å². The Bertz CT molecular complexity index is 2010. The molecule has 3 heterocycles. The van der Waals surface area contributed by atoms with Gasteiger partial charge in [0, 0.05) is 42.2 Å². The van der Waals surface area contributed by atoms with E-state index in [1.165, 1.54) is 0 Å². The Kier molecular flexibility index (Phi) is 11.7. The van der Waals surface area contributed by atoms with Crippen molar-refractivity contribution >= 4 is 35.6 Å². The first-order valence-corrected chi connectivity index (χ1v) is 18.5. The van der Waals surface area contributed by atoms with Crippen molar-refractivity contribution in [2.24, 2.45) is 5.92 Å². The Labute approximate surface area is 311 Å². The molecule has 9 heteroatoms. The van der Waals surface area contributed by atoms with Gasteiger partial charge in [-0.3, -0.25) is 14.5 Å². The summed E-state index contributed by atoms with van der Waals surface area (Å²) in [6, 6.07) is 19.1. The Morgan fingerprint density at radius 3 is 2.38 bits per heavy atom. The van der Waals surface area contributed by atoms with Gasteiger partial charge in [0.05, 0.1) is 30.9 Å². The minimum absolute atomic E-state index is 0.138. The van der Waals surface area contributed by atoms with Crippen LogP contribution in [0.4, 0.5) is 0 Å². The molecule has 1 aromatic heterocycles. The number of amides is 1. The molecule has 0 radical (unpaired) electrons. The maximum Gasteiger partial charge on any atom is 0.307 e. The number of benzene rings is 3. The van der Waals surface area contributed by atoms with Gasteiger partial charge in [-0.05, 0) is 110 Å². The van der Waals surface area contributed by atoms with Gasteiger partial charge in [-0.1, -0.05) is 66.2 Å². The SMILES string of the molecule is COc1cc(/C=C/c2cccc(-c3cccc(-c4nc(OC)c(CCC[C@@H]5CCC(=O)N5)cc4Cl)c3C)c2C)c(C)cc1CN1CC[C@@H](C(=O)O)C1. The molecular weight excluding hydrogens is 674 g/mol. The van der Waals surface area contributed by atoms with Crippen LogP contribution in [-0.4, -0.2) is 60.2 Å². The number of carboxylic acid groups (broad SMARTS) is 1. The molecule has 0 unspecified atom stereocenters. The van der Waals surface area contributed by atoms with E-state index in [1.807, 2.05) is 6.07 Å². The summed E-state index contributed by atoms with van der Waals surface area (Å²) in [5.41, 5.74) is 11.5. The molecule has 0 aliphatic carbocycles. The zero-order valence-electron chi connectivity index (χ0n) is 30.7. The quantitative estimate of drug-likeness (QED) is 0.133. The van der Waals surface area contributed by atoms with Gasteiger partial charge in [0.2, 0.25) is 11.8 Å². The topological polar surface area (TPSA) is 101 Å². The molecule has 1 amide bonds. The minimum Gasteiger partial charge on any atom is -0.496 e. The number of hydrogen-bond donors (Lipinski definition) is 2. The summed E-state index contributed by atoms with van der Waals surface area (Å²) in [4.78, 5) is 30.1. The van der Waals surface area contributed by atoms with Gasteiger partial charge in [0.25, 0.3) is 0 Å². The Morgan fingerprint density at radius 1 is 0.962 bits per heavy atom. The highest BCUT2D eigenvalue weighted by molar-refractivity contribution is 6.33. The number of aryl methyl sites for hydroxylation is 2. The fourth-order valence-corrected chi connectivity index (χ4v) is 7.93. The maximum absolute atomic E-state index is 11.6. The van der Waals surface area contributed by atoms with E-state index in [9.17, 15) is 14.7 Å². The summed E-state index contributed by atoms with van der Waals surface area (Å²) in [6.07, 6.45) is 9.06. The predicted molar refractivity (Wildman–Crippen MR) is 208 cm³/mol. The van der Waals surface area contributed by atoms with Gasteiger partial charge in [0.15, 0.2) is 0 Å². The number of rotatable bonds is 13. The van der Waals surface area contributed by atoms with Crippen molar-refractivity contribution in [3.63, 3.8) is 0 Å². The highest BCUT2D eigenvalue weighted by Crippen LogP contribution is 2.38. The third kappa shape index (κ3) is 8.19.